The van der Waals surface area contributed by atoms with Gasteiger partial charge in [-0.3, -0.25) is 0 Å². The third-order valence-corrected chi connectivity index (χ3v) is 4.73. The van der Waals surface area contributed by atoms with Crippen LogP contribution in [0.5, 0.6) is 0 Å². The molecule has 2 unspecified atom stereocenters. The van der Waals surface area contributed by atoms with Crippen LogP contribution in [0.4, 0.5) is 0 Å². The SMILES string of the molecule is CC(C)(C)C1CCN(CC2CCC(CN)O2)CC1. The highest BCUT2D eigenvalue weighted by Gasteiger charge is 2.31. The lowest BCUT2D eigenvalue weighted by molar-refractivity contribution is 0.0139. The Morgan fingerprint density at radius 2 is 1.67 bits per heavy atom. The predicted octanol–water partition coefficient (Wildman–Crippen LogP) is 2.25. The summed E-state index contributed by atoms with van der Waals surface area (Å²) < 4.78 is 5.94. The van der Waals surface area contributed by atoms with Crippen LogP contribution in [0.2, 0.25) is 0 Å². The molecule has 3 heteroatoms. The molecule has 0 spiro atoms. The highest BCUT2D eigenvalue weighted by molar-refractivity contribution is 4.83. The first kappa shape index (κ1) is 14.3. The molecule has 0 aromatic carbocycles. The van der Waals surface area contributed by atoms with Crippen LogP contribution in [0.15, 0.2) is 0 Å². The molecule has 0 aromatic heterocycles. The van der Waals surface area contributed by atoms with Gasteiger partial charge >= 0.3 is 0 Å². The van der Waals surface area contributed by atoms with E-state index in [0.29, 0.717) is 24.2 Å². The lowest BCUT2D eigenvalue weighted by Crippen LogP contribution is -2.41. The second-order valence-corrected chi connectivity index (χ2v) is 7.13. The van der Waals surface area contributed by atoms with E-state index in [1.165, 1.54) is 32.4 Å². The summed E-state index contributed by atoms with van der Waals surface area (Å²) in [7, 11) is 0. The van der Waals surface area contributed by atoms with Gasteiger partial charge < -0.3 is 15.4 Å². The molecular formula is C15H30N2O. The number of nitrogens with two attached hydrogens (primary N) is 1. The van der Waals surface area contributed by atoms with Gasteiger partial charge in [0.15, 0.2) is 0 Å². The summed E-state index contributed by atoms with van der Waals surface area (Å²) in [6, 6.07) is 0. The van der Waals surface area contributed by atoms with Crippen molar-refractivity contribution in [3.8, 4) is 0 Å². The smallest absolute Gasteiger partial charge is 0.0707 e. The number of hydrogen-bond donors (Lipinski definition) is 1. The Bertz CT molecular complexity index is 254. The van der Waals surface area contributed by atoms with Gasteiger partial charge in [-0.2, -0.15) is 0 Å². The van der Waals surface area contributed by atoms with Crippen LogP contribution in [-0.4, -0.2) is 43.3 Å². The van der Waals surface area contributed by atoms with Crippen LogP contribution in [0, 0.1) is 11.3 Å². The highest BCUT2D eigenvalue weighted by atomic mass is 16.5. The lowest BCUT2D eigenvalue weighted by atomic mass is 9.75. The van der Waals surface area contributed by atoms with Gasteiger partial charge in [0.25, 0.3) is 0 Å². The average molecular weight is 254 g/mol. The van der Waals surface area contributed by atoms with Crippen molar-refractivity contribution in [2.24, 2.45) is 17.1 Å². The Morgan fingerprint density at radius 1 is 1.06 bits per heavy atom. The molecule has 2 aliphatic heterocycles. The van der Waals surface area contributed by atoms with Crippen molar-refractivity contribution in [2.75, 3.05) is 26.2 Å². The molecule has 18 heavy (non-hydrogen) atoms. The molecule has 0 radical (unpaired) electrons. The molecule has 3 nitrogen and oxygen atoms in total. The Hall–Kier alpha value is -0.120. The van der Waals surface area contributed by atoms with Crippen LogP contribution >= 0.6 is 0 Å². The van der Waals surface area contributed by atoms with E-state index >= 15 is 0 Å². The normalized spacial score (nSPS) is 32.0. The molecule has 2 aliphatic rings. The molecule has 2 saturated heterocycles. The van der Waals surface area contributed by atoms with E-state index in [4.69, 9.17) is 10.5 Å². The van der Waals surface area contributed by atoms with Crippen LogP contribution in [0.1, 0.15) is 46.5 Å². The summed E-state index contributed by atoms with van der Waals surface area (Å²) >= 11 is 0. The maximum Gasteiger partial charge on any atom is 0.0707 e. The minimum absolute atomic E-state index is 0.321. The van der Waals surface area contributed by atoms with Gasteiger partial charge in [-0.1, -0.05) is 20.8 Å². The summed E-state index contributed by atoms with van der Waals surface area (Å²) in [6.07, 6.45) is 5.79. The minimum atomic E-state index is 0.321. The monoisotopic (exact) mass is 254 g/mol. The Balaban J connectivity index is 1.71. The summed E-state index contributed by atoms with van der Waals surface area (Å²) in [5.74, 6) is 0.884. The fourth-order valence-corrected chi connectivity index (χ4v) is 3.36. The third kappa shape index (κ3) is 3.69. The van der Waals surface area contributed by atoms with Crippen molar-refractivity contribution in [3.63, 3.8) is 0 Å². The van der Waals surface area contributed by atoms with Crippen molar-refractivity contribution in [3.05, 3.63) is 0 Å². The van der Waals surface area contributed by atoms with E-state index in [0.717, 1.165) is 18.9 Å². The van der Waals surface area contributed by atoms with Gasteiger partial charge in [0, 0.05) is 13.1 Å². The first-order chi connectivity index (χ1) is 8.49. The molecule has 106 valence electrons. The van der Waals surface area contributed by atoms with E-state index in [-0.39, 0.29) is 0 Å². The van der Waals surface area contributed by atoms with Crippen molar-refractivity contribution in [2.45, 2.75) is 58.7 Å². The van der Waals surface area contributed by atoms with Gasteiger partial charge in [0.2, 0.25) is 0 Å². The molecular weight excluding hydrogens is 224 g/mol. The molecule has 2 heterocycles. The first-order valence-corrected chi connectivity index (χ1v) is 7.57. The third-order valence-electron chi connectivity index (χ3n) is 4.73. The zero-order valence-corrected chi connectivity index (χ0v) is 12.3. The molecule has 0 saturated carbocycles. The van der Waals surface area contributed by atoms with E-state index in [1.54, 1.807) is 0 Å². The summed E-state index contributed by atoms with van der Waals surface area (Å²) in [4.78, 5) is 2.59. The molecule has 2 rings (SSSR count). The van der Waals surface area contributed by atoms with Gasteiger partial charge in [-0.15, -0.1) is 0 Å². The fraction of sp³-hybridized carbons (Fsp3) is 1.00. The number of nitrogens with zero attached hydrogens (tertiary/aromatic N) is 1. The largest absolute Gasteiger partial charge is 0.372 e. The zero-order chi connectivity index (χ0) is 13.2. The molecule has 2 N–H and O–H groups in total. The zero-order valence-electron chi connectivity index (χ0n) is 12.3. The average Bonchev–Trinajstić information content (AvgIpc) is 2.76. The molecule has 0 bridgehead atoms. The molecule has 2 fully saturated rings. The number of hydrogen-bond acceptors (Lipinski definition) is 3. The second kappa shape index (κ2) is 5.89. The molecule has 0 aromatic rings. The summed E-state index contributed by atoms with van der Waals surface area (Å²) in [6.45, 7) is 11.4. The topological polar surface area (TPSA) is 38.5 Å². The number of rotatable bonds is 3. The van der Waals surface area contributed by atoms with E-state index in [1.807, 2.05) is 0 Å². The minimum Gasteiger partial charge on any atom is -0.372 e. The quantitative estimate of drug-likeness (QED) is 0.839. The lowest BCUT2D eigenvalue weighted by Gasteiger charge is -2.39. The van der Waals surface area contributed by atoms with E-state index < -0.39 is 0 Å². The number of ether oxygens (including phenoxy) is 1. The molecule has 2 atom stereocenters. The molecule has 0 aliphatic carbocycles. The standard InChI is InChI=1S/C15H30N2O/c1-15(2,3)12-6-8-17(9-7-12)11-14-5-4-13(10-16)18-14/h12-14H,4-11,16H2,1-3H3. The summed E-state index contributed by atoms with van der Waals surface area (Å²) in [5, 5.41) is 0. The predicted molar refractivity (Wildman–Crippen MR) is 75.6 cm³/mol. The van der Waals surface area contributed by atoms with Crippen LogP contribution in [0.3, 0.4) is 0 Å². The van der Waals surface area contributed by atoms with Gasteiger partial charge in [-0.05, 0) is 50.1 Å². The van der Waals surface area contributed by atoms with Crippen LogP contribution in [0.25, 0.3) is 0 Å². The first-order valence-electron chi connectivity index (χ1n) is 7.57. The Morgan fingerprint density at radius 3 is 2.17 bits per heavy atom. The van der Waals surface area contributed by atoms with Gasteiger partial charge in [0.1, 0.15) is 0 Å². The molecule has 0 amide bonds. The van der Waals surface area contributed by atoms with Crippen molar-refractivity contribution < 1.29 is 4.74 Å². The van der Waals surface area contributed by atoms with Crippen molar-refractivity contribution >= 4 is 0 Å². The van der Waals surface area contributed by atoms with E-state index in [9.17, 15) is 0 Å². The van der Waals surface area contributed by atoms with Crippen LogP contribution in [-0.2, 0) is 4.74 Å². The maximum absolute atomic E-state index is 5.94. The van der Waals surface area contributed by atoms with Crippen LogP contribution < -0.4 is 5.73 Å². The number of piperidine rings is 1. The Labute approximate surface area is 112 Å². The van der Waals surface area contributed by atoms with E-state index in [2.05, 4.69) is 25.7 Å². The van der Waals surface area contributed by atoms with Gasteiger partial charge in [0.05, 0.1) is 12.2 Å². The van der Waals surface area contributed by atoms with Crippen molar-refractivity contribution in [1.29, 1.82) is 0 Å². The second-order valence-electron chi connectivity index (χ2n) is 7.13. The van der Waals surface area contributed by atoms with Gasteiger partial charge in [-0.25, -0.2) is 0 Å². The number of likely N-dealkylation sites (tertiary alicyclic amines) is 1. The van der Waals surface area contributed by atoms with Crippen molar-refractivity contribution in [1.82, 2.24) is 4.90 Å². The summed E-state index contributed by atoms with van der Waals surface area (Å²) in [5.41, 5.74) is 6.13. The fourth-order valence-electron chi connectivity index (χ4n) is 3.36. The highest BCUT2D eigenvalue weighted by Crippen LogP contribution is 2.34. The maximum atomic E-state index is 5.94. The Kier molecular flexibility index (Phi) is 4.68.